The molecule has 0 aromatic heterocycles. The fraction of sp³-hybridized carbons (Fsp3) is 0.250. The van der Waals surface area contributed by atoms with Crippen molar-refractivity contribution in [2.45, 2.75) is 31.1 Å². The van der Waals surface area contributed by atoms with E-state index in [0.717, 1.165) is 24.0 Å². The van der Waals surface area contributed by atoms with Crippen molar-refractivity contribution in [3.8, 4) is 5.75 Å². The van der Waals surface area contributed by atoms with Gasteiger partial charge >= 0.3 is 0 Å². The Balaban J connectivity index is 1.70. The molecule has 3 atom stereocenters. The van der Waals surface area contributed by atoms with Crippen LogP contribution in [0.1, 0.15) is 35.6 Å². The minimum Gasteiger partial charge on any atom is -0.468 e. The molecular weight excluding hydrogens is 370 g/mol. The van der Waals surface area contributed by atoms with Gasteiger partial charge in [0.2, 0.25) is 0 Å². The first-order valence-electron chi connectivity index (χ1n) is 9.60. The molecule has 0 saturated carbocycles. The molecule has 4 heteroatoms. The van der Waals surface area contributed by atoms with Crippen LogP contribution in [0, 0.1) is 5.92 Å². The Bertz CT molecular complexity index is 932. The average molecular weight is 394 g/mol. The van der Waals surface area contributed by atoms with Crippen molar-refractivity contribution in [1.82, 2.24) is 0 Å². The van der Waals surface area contributed by atoms with Gasteiger partial charge in [-0.15, -0.1) is 0 Å². The predicted molar refractivity (Wildman–Crippen MR) is 112 cm³/mol. The highest BCUT2D eigenvalue weighted by Gasteiger charge is 2.40. The number of hydrogen-bond acceptors (Lipinski definition) is 3. The molecule has 4 rings (SSSR count). The summed E-state index contributed by atoms with van der Waals surface area (Å²) >= 11 is 6.19. The highest BCUT2D eigenvalue weighted by Crippen LogP contribution is 2.45. The van der Waals surface area contributed by atoms with E-state index in [1.165, 1.54) is 5.56 Å². The topological polar surface area (TPSA) is 55.5 Å². The lowest BCUT2D eigenvalue weighted by molar-refractivity contribution is 0.0260. The molecule has 0 amide bonds. The van der Waals surface area contributed by atoms with Gasteiger partial charge in [0.05, 0.1) is 6.10 Å². The minimum absolute atomic E-state index is 0.0483. The lowest BCUT2D eigenvalue weighted by atomic mass is 9.83. The van der Waals surface area contributed by atoms with Gasteiger partial charge in [-0.3, -0.25) is 5.73 Å². The summed E-state index contributed by atoms with van der Waals surface area (Å²) in [6.45, 7) is 0. The molecule has 0 radical (unpaired) electrons. The van der Waals surface area contributed by atoms with Crippen molar-refractivity contribution in [2.24, 2.45) is 11.7 Å². The zero-order valence-electron chi connectivity index (χ0n) is 15.6. The van der Waals surface area contributed by atoms with Crippen LogP contribution in [0.5, 0.6) is 5.75 Å². The average Bonchev–Trinajstić information content (AvgIpc) is 2.82. The monoisotopic (exact) mass is 393 g/mol. The Morgan fingerprint density at radius 3 is 2.39 bits per heavy atom. The largest absolute Gasteiger partial charge is 0.468 e. The van der Waals surface area contributed by atoms with Gasteiger partial charge in [-0.1, -0.05) is 78.3 Å². The normalized spacial score (nSPS) is 24.1. The highest BCUT2D eigenvalue weighted by atomic mass is 35.5. The molecule has 0 aliphatic carbocycles. The van der Waals surface area contributed by atoms with Crippen LogP contribution in [0.2, 0.25) is 5.02 Å². The van der Waals surface area contributed by atoms with Crippen LogP contribution in [0.15, 0.2) is 78.9 Å². The van der Waals surface area contributed by atoms with Crippen LogP contribution >= 0.6 is 11.6 Å². The summed E-state index contributed by atoms with van der Waals surface area (Å²) in [5.41, 5.74) is 8.64. The summed E-state index contributed by atoms with van der Waals surface area (Å²) in [5, 5.41) is 11.7. The van der Waals surface area contributed by atoms with Gasteiger partial charge in [0, 0.05) is 22.6 Å². The van der Waals surface area contributed by atoms with E-state index in [1.54, 1.807) is 12.1 Å². The SMILES string of the molecule is NC1(c2ccccc2)CC(CCc2ccccc2)C(O)c2ccc(Cl)cc2O1. The smallest absolute Gasteiger partial charge is 0.185 e. The van der Waals surface area contributed by atoms with Crippen LogP contribution in [-0.2, 0) is 12.1 Å². The van der Waals surface area contributed by atoms with Gasteiger partial charge in [0.15, 0.2) is 5.72 Å². The minimum atomic E-state index is -1.03. The number of benzene rings is 3. The molecule has 1 heterocycles. The van der Waals surface area contributed by atoms with Crippen LogP contribution in [-0.4, -0.2) is 5.11 Å². The lowest BCUT2D eigenvalue weighted by Gasteiger charge is -2.32. The molecule has 28 heavy (non-hydrogen) atoms. The molecule has 0 saturated heterocycles. The zero-order valence-corrected chi connectivity index (χ0v) is 16.3. The Kier molecular flexibility index (Phi) is 5.40. The number of hydrogen-bond donors (Lipinski definition) is 2. The van der Waals surface area contributed by atoms with Crippen molar-refractivity contribution in [3.63, 3.8) is 0 Å². The summed E-state index contributed by atoms with van der Waals surface area (Å²) in [6.07, 6.45) is 1.53. The molecule has 0 spiro atoms. The van der Waals surface area contributed by atoms with E-state index >= 15 is 0 Å². The van der Waals surface area contributed by atoms with Crippen molar-refractivity contribution in [3.05, 3.63) is 101 Å². The molecule has 0 bridgehead atoms. The van der Waals surface area contributed by atoms with Crippen molar-refractivity contribution in [1.29, 1.82) is 0 Å². The first kappa shape index (κ1) is 19.0. The number of ether oxygens (including phenoxy) is 1. The summed E-state index contributed by atoms with van der Waals surface area (Å²) in [4.78, 5) is 0. The second-order valence-corrected chi connectivity index (χ2v) is 7.91. The van der Waals surface area contributed by atoms with E-state index in [1.807, 2.05) is 54.6 Å². The van der Waals surface area contributed by atoms with Crippen molar-refractivity contribution < 1.29 is 9.84 Å². The third-order valence-electron chi connectivity index (χ3n) is 5.51. The van der Waals surface area contributed by atoms with Crippen LogP contribution in [0.4, 0.5) is 0 Å². The van der Waals surface area contributed by atoms with E-state index < -0.39 is 11.8 Å². The first-order valence-corrected chi connectivity index (χ1v) is 9.98. The van der Waals surface area contributed by atoms with Crippen LogP contribution < -0.4 is 10.5 Å². The van der Waals surface area contributed by atoms with Crippen LogP contribution in [0.25, 0.3) is 0 Å². The van der Waals surface area contributed by atoms with Crippen molar-refractivity contribution in [2.75, 3.05) is 0 Å². The third-order valence-corrected chi connectivity index (χ3v) is 5.74. The highest BCUT2D eigenvalue weighted by molar-refractivity contribution is 6.30. The number of halogens is 1. The predicted octanol–water partition coefficient (Wildman–Crippen LogP) is 5.22. The zero-order chi connectivity index (χ0) is 19.6. The number of fused-ring (bicyclic) bond motifs is 1. The molecule has 1 aliphatic rings. The Hall–Kier alpha value is -2.33. The fourth-order valence-electron chi connectivity index (χ4n) is 3.99. The number of rotatable bonds is 4. The molecule has 3 aromatic rings. The van der Waals surface area contributed by atoms with Gasteiger partial charge in [0.1, 0.15) is 5.75 Å². The van der Waals surface area contributed by atoms with Gasteiger partial charge in [0.25, 0.3) is 0 Å². The molecule has 0 fully saturated rings. The summed E-state index contributed by atoms with van der Waals surface area (Å²) in [7, 11) is 0. The van der Waals surface area contributed by atoms with Gasteiger partial charge < -0.3 is 9.84 Å². The molecule has 3 nitrogen and oxygen atoms in total. The van der Waals surface area contributed by atoms with E-state index in [-0.39, 0.29) is 5.92 Å². The maximum Gasteiger partial charge on any atom is 0.185 e. The molecule has 3 aromatic carbocycles. The van der Waals surface area contributed by atoms with E-state index in [9.17, 15) is 5.11 Å². The number of aliphatic hydroxyl groups is 1. The van der Waals surface area contributed by atoms with Gasteiger partial charge in [-0.25, -0.2) is 0 Å². The molecule has 1 aliphatic heterocycles. The number of nitrogens with two attached hydrogens (primary N) is 1. The second-order valence-electron chi connectivity index (χ2n) is 7.47. The maximum atomic E-state index is 11.2. The maximum absolute atomic E-state index is 11.2. The summed E-state index contributed by atoms with van der Waals surface area (Å²) in [6, 6.07) is 25.5. The second kappa shape index (κ2) is 7.96. The molecule has 3 unspecified atom stereocenters. The van der Waals surface area contributed by atoms with E-state index in [0.29, 0.717) is 17.2 Å². The molecule has 144 valence electrons. The summed E-state index contributed by atoms with van der Waals surface area (Å²) < 4.78 is 6.30. The Morgan fingerprint density at radius 1 is 1.00 bits per heavy atom. The molecule has 3 N–H and O–H groups in total. The van der Waals surface area contributed by atoms with E-state index in [4.69, 9.17) is 22.1 Å². The molecular formula is C24H24ClNO2. The first-order chi connectivity index (χ1) is 13.5. The van der Waals surface area contributed by atoms with Gasteiger partial charge in [-0.2, -0.15) is 0 Å². The summed E-state index contributed by atoms with van der Waals surface area (Å²) in [5.74, 6) is 0.501. The van der Waals surface area contributed by atoms with Crippen LogP contribution in [0.3, 0.4) is 0 Å². The quantitative estimate of drug-likeness (QED) is 0.639. The van der Waals surface area contributed by atoms with Crippen molar-refractivity contribution >= 4 is 11.6 Å². The third kappa shape index (κ3) is 3.93. The number of aryl methyl sites for hydroxylation is 1. The Labute approximate surface area is 170 Å². The lowest BCUT2D eigenvalue weighted by Crippen LogP contribution is -2.44. The number of aliphatic hydroxyl groups excluding tert-OH is 1. The fourth-order valence-corrected chi connectivity index (χ4v) is 4.15. The van der Waals surface area contributed by atoms with E-state index in [2.05, 4.69) is 12.1 Å². The van der Waals surface area contributed by atoms with Gasteiger partial charge in [-0.05, 0) is 36.5 Å². The Morgan fingerprint density at radius 2 is 1.68 bits per heavy atom. The standard InChI is InChI=1S/C24H24ClNO2/c25-20-13-14-21-22(15-20)28-24(26,19-9-5-2-6-10-19)16-18(23(21)27)12-11-17-7-3-1-4-8-17/h1-10,13-15,18,23,27H,11-12,16,26H2.